The summed E-state index contributed by atoms with van der Waals surface area (Å²) in [6.45, 7) is 5.33. The molecular weight excluding hydrogens is 461 g/mol. The molecule has 0 saturated carbocycles. The molecule has 9 heteroatoms. The molecule has 3 unspecified atom stereocenters. The number of para-hydroxylation sites is 1. The zero-order valence-electron chi connectivity index (χ0n) is 21.6. The van der Waals surface area contributed by atoms with Crippen LogP contribution in [0.1, 0.15) is 52.4 Å². The molecule has 2 saturated heterocycles. The number of likely N-dealkylation sites (tertiary alicyclic amines) is 2. The highest BCUT2D eigenvalue weighted by Gasteiger charge is 2.44. The first-order valence-corrected chi connectivity index (χ1v) is 12.8. The molecule has 0 aliphatic carbocycles. The van der Waals surface area contributed by atoms with Crippen molar-refractivity contribution in [3.05, 3.63) is 30.3 Å². The van der Waals surface area contributed by atoms with Crippen LogP contribution in [-0.2, 0) is 14.4 Å². The Kier molecular flexibility index (Phi) is 9.43. The Bertz CT molecular complexity index is 952. The topological polar surface area (TPSA) is 96.8 Å². The highest BCUT2D eigenvalue weighted by molar-refractivity contribution is 5.94. The SMILES string of the molecule is CN(C(=O)CCN1CCCCC1)C(CC(C)(C)F)C(=O)N1CC(C(=O)Nc2ccccc2)CC1C#N. The van der Waals surface area contributed by atoms with Crippen LogP contribution in [0.15, 0.2) is 30.3 Å². The van der Waals surface area contributed by atoms with Crippen LogP contribution >= 0.6 is 0 Å². The van der Waals surface area contributed by atoms with E-state index in [2.05, 4.69) is 16.3 Å². The maximum absolute atomic E-state index is 14.8. The molecule has 196 valence electrons. The number of nitrogens with zero attached hydrogens (tertiary/aromatic N) is 4. The van der Waals surface area contributed by atoms with Crippen molar-refractivity contribution in [2.75, 3.05) is 38.5 Å². The number of halogens is 1. The van der Waals surface area contributed by atoms with Crippen LogP contribution in [0.4, 0.5) is 10.1 Å². The molecule has 0 spiro atoms. The van der Waals surface area contributed by atoms with Crippen LogP contribution < -0.4 is 5.32 Å². The van der Waals surface area contributed by atoms with E-state index in [1.165, 1.54) is 37.1 Å². The van der Waals surface area contributed by atoms with Crippen molar-refractivity contribution < 1.29 is 18.8 Å². The molecular formula is C27H38FN5O3. The van der Waals surface area contributed by atoms with Gasteiger partial charge in [0.15, 0.2) is 0 Å². The van der Waals surface area contributed by atoms with Gasteiger partial charge in [0.1, 0.15) is 17.8 Å². The number of amides is 3. The van der Waals surface area contributed by atoms with Crippen LogP contribution in [-0.4, -0.2) is 83.4 Å². The Balaban J connectivity index is 1.69. The van der Waals surface area contributed by atoms with Crippen molar-refractivity contribution in [3.8, 4) is 6.07 Å². The van der Waals surface area contributed by atoms with Gasteiger partial charge < -0.3 is 20.0 Å². The molecule has 8 nitrogen and oxygen atoms in total. The van der Waals surface area contributed by atoms with Crippen LogP contribution in [0.2, 0.25) is 0 Å². The third-order valence-corrected chi connectivity index (χ3v) is 7.06. The Labute approximate surface area is 213 Å². The van der Waals surface area contributed by atoms with Gasteiger partial charge in [-0.25, -0.2) is 4.39 Å². The summed E-state index contributed by atoms with van der Waals surface area (Å²) in [5, 5.41) is 12.6. The van der Waals surface area contributed by atoms with E-state index in [1.807, 2.05) is 6.07 Å². The number of benzene rings is 1. The second kappa shape index (κ2) is 12.3. The molecule has 2 heterocycles. The number of carbonyl (C=O) groups is 3. The van der Waals surface area contributed by atoms with E-state index in [9.17, 15) is 24.0 Å². The molecule has 1 aromatic carbocycles. The summed E-state index contributed by atoms with van der Waals surface area (Å²) in [5.74, 6) is -1.56. The fourth-order valence-corrected chi connectivity index (χ4v) is 4.99. The lowest BCUT2D eigenvalue weighted by Crippen LogP contribution is -2.53. The Morgan fingerprint density at radius 2 is 1.86 bits per heavy atom. The average molecular weight is 500 g/mol. The van der Waals surface area contributed by atoms with Gasteiger partial charge >= 0.3 is 0 Å². The minimum absolute atomic E-state index is 0.0503. The van der Waals surface area contributed by atoms with Crippen LogP contribution in [0.25, 0.3) is 0 Å². The van der Waals surface area contributed by atoms with E-state index in [-0.39, 0.29) is 37.6 Å². The van der Waals surface area contributed by atoms with Crippen LogP contribution in [0.5, 0.6) is 0 Å². The van der Waals surface area contributed by atoms with Crippen molar-refractivity contribution in [2.24, 2.45) is 5.92 Å². The van der Waals surface area contributed by atoms with Crippen molar-refractivity contribution in [2.45, 2.75) is 70.1 Å². The van der Waals surface area contributed by atoms with Gasteiger partial charge in [0.2, 0.25) is 17.7 Å². The highest BCUT2D eigenvalue weighted by Crippen LogP contribution is 2.29. The van der Waals surface area contributed by atoms with Crippen molar-refractivity contribution in [1.29, 1.82) is 5.26 Å². The summed E-state index contributed by atoms with van der Waals surface area (Å²) in [4.78, 5) is 44.4. The van der Waals surface area contributed by atoms with E-state index in [1.54, 1.807) is 24.3 Å². The Morgan fingerprint density at radius 1 is 1.19 bits per heavy atom. The fraction of sp³-hybridized carbons (Fsp3) is 0.630. The van der Waals surface area contributed by atoms with Crippen LogP contribution in [0, 0.1) is 17.2 Å². The summed E-state index contributed by atoms with van der Waals surface area (Å²) >= 11 is 0. The molecule has 0 radical (unpaired) electrons. The van der Waals surface area contributed by atoms with Crippen molar-refractivity contribution in [3.63, 3.8) is 0 Å². The number of nitrogens with one attached hydrogen (secondary N) is 1. The van der Waals surface area contributed by atoms with Crippen LogP contribution in [0.3, 0.4) is 0 Å². The summed E-state index contributed by atoms with van der Waals surface area (Å²) in [6, 6.07) is 9.24. The minimum atomic E-state index is -1.70. The second-order valence-corrected chi connectivity index (χ2v) is 10.5. The number of carbonyl (C=O) groups excluding carboxylic acids is 3. The molecule has 0 aromatic heterocycles. The largest absolute Gasteiger partial charge is 0.334 e. The number of anilines is 1. The summed E-state index contributed by atoms with van der Waals surface area (Å²) in [5.41, 5.74) is -1.06. The lowest BCUT2D eigenvalue weighted by atomic mass is 9.98. The van der Waals surface area contributed by atoms with E-state index < -0.39 is 29.6 Å². The number of nitriles is 1. The van der Waals surface area contributed by atoms with Gasteiger partial charge in [-0.2, -0.15) is 5.26 Å². The maximum Gasteiger partial charge on any atom is 0.246 e. The standard InChI is InChI=1S/C27H38FN5O3/c1-27(2,28)17-23(31(3)24(34)12-15-32-13-8-5-9-14-32)26(36)33-19-20(16-22(33)18-29)25(35)30-21-10-6-4-7-11-21/h4,6-7,10-11,20,22-23H,5,8-9,12-17,19H2,1-3H3,(H,30,35). The quantitative estimate of drug-likeness (QED) is 0.563. The highest BCUT2D eigenvalue weighted by atomic mass is 19.1. The molecule has 0 bridgehead atoms. The summed E-state index contributed by atoms with van der Waals surface area (Å²) in [6.07, 6.45) is 3.69. The lowest BCUT2D eigenvalue weighted by molar-refractivity contribution is -0.146. The predicted octanol–water partition coefficient (Wildman–Crippen LogP) is 3.21. The number of hydrogen-bond acceptors (Lipinski definition) is 5. The molecule has 36 heavy (non-hydrogen) atoms. The first kappa shape index (κ1) is 27.6. The maximum atomic E-state index is 14.8. The van der Waals surface area contributed by atoms with Gasteiger partial charge in [-0.1, -0.05) is 24.6 Å². The van der Waals surface area contributed by atoms with E-state index in [0.717, 1.165) is 25.9 Å². The van der Waals surface area contributed by atoms with Gasteiger partial charge in [-0.3, -0.25) is 14.4 Å². The first-order valence-electron chi connectivity index (χ1n) is 12.8. The summed E-state index contributed by atoms with van der Waals surface area (Å²) < 4.78 is 14.8. The van der Waals surface area contributed by atoms with Gasteiger partial charge in [0.25, 0.3) is 0 Å². The molecule has 1 aromatic rings. The zero-order chi connectivity index (χ0) is 26.3. The summed E-state index contributed by atoms with van der Waals surface area (Å²) in [7, 11) is 1.53. The van der Waals surface area contributed by atoms with Gasteiger partial charge in [-0.15, -0.1) is 0 Å². The molecule has 3 rings (SSSR count). The minimum Gasteiger partial charge on any atom is -0.334 e. The van der Waals surface area contributed by atoms with E-state index in [4.69, 9.17) is 0 Å². The normalized spacial score (nSPS) is 21.5. The smallest absolute Gasteiger partial charge is 0.246 e. The van der Waals surface area contributed by atoms with Crippen molar-refractivity contribution >= 4 is 23.4 Å². The third kappa shape index (κ3) is 7.50. The van der Waals surface area contributed by atoms with Gasteiger partial charge in [0.05, 0.1) is 12.0 Å². The van der Waals surface area contributed by atoms with E-state index in [0.29, 0.717) is 12.2 Å². The molecule has 2 fully saturated rings. The monoisotopic (exact) mass is 499 g/mol. The van der Waals surface area contributed by atoms with Crippen molar-refractivity contribution in [1.82, 2.24) is 14.7 Å². The number of alkyl halides is 1. The second-order valence-electron chi connectivity index (χ2n) is 10.5. The average Bonchev–Trinajstić information content (AvgIpc) is 3.30. The molecule has 2 aliphatic rings. The molecule has 1 N–H and O–H groups in total. The third-order valence-electron chi connectivity index (χ3n) is 7.06. The molecule has 3 atom stereocenters. The Morgan fingerprint density at radius 3 is 2.47 bits per heavy atom. The van der Waals surface area contributed by atoms with Gasteiger partial charge in [0, 0.05) is 38.7 Å². The molecule has 2 aliphatic heterocycles. The Hall–Kier alpha value is -2.99. The number of rotatable bonds is 9. The van der Waals surface area contributed by atoms with Gasteiger partial charge in [-0.05, 0) is 58.3 Å². The number of piperidine rings is 1. The van der Waals surface area contributed by atoms with E-state index >= 15 is 0 Å². The number of hydrogen-bond donors (Lipinski definition) is 1. The fourth-order valence-electron chi connectivity index (χ4n) is 4.99. The molecule has 3 amide bonds. The number of likely N-dealkylation sites (N-methyl/N-ethyl adjacent to an activating group) is 1. The lowest BCUT2D eigenvalue weighted by Gasteiger charge is -2.35. The first-order chi connectivity index (χ1) is 17.1. The zero-order valence-corrected chi connectivity index (χ0v) is 21.6. The predicted molar refractivity (Wildman–Crippen MR) is 136 cm³/mol.